The number of fused-ring (bicyclic) bond motifs is 4. The Balaban J connectivity index is 1.17. The Hall–Kier alpha value is -5.97. The topological polar surface area (TPSA) is 49.6 Å². The molecule has 1 aliphatic rings. The standard InChI is InChI=1S/C43H31N3O/c1-4-13-28(14-5-1)31-25-26-37-39(27-31)47-38-24-12-22-35(40(37)38)33-20-10-21-34-32(33)19-11-23-36(34)43-45-41(29-15-6-2-7-16-29)44-42(46-43)30-17-8-3-9-18-30/h1-27,41,43,45H,(H,44,46). The van der Waals surface area contributed by atoms with Gasteiger partial charge >= 0.3 is 0 Å². The van der Waals surface area contributed by atoms with Gasteiger partial charge in [-0.3, -0.25) is 5.32 Å². The van der Waals surface area contributed by atoms with Crippen molar-refractivity contribution < 1.29 is 4.42 Å². The smallest absolute Gasteiger partial charge is 0.136 e. The second-order valence-corrected chi connectivity index (χ2v) is 12.0. The van der Waals surface area contributed by atoms with Crippen molar-refractivity contribution in [3.8, 4) is 22.3 Å². The van der Waals surface area contributed by atoms with Gasteiger partial charge in [0.25, 0.3) is 0 Å². The summed E-state index contributed by atoms with van der Waals surface area (Å²) >= 11 is 0. The van der Waals surface area contributed by atoms with E-state index in [1.807, 2.05) is 18.2 Å². The number of amidine groups is 1. The summed E-state index contributed by atoms with van der Waals surface area (Å²) in [6.07, 6.45) is -0.350. The van der Waals surface area contributed by atoms with Crippen LogP contribution in [-0.4, -0.2) is 5.84 Å². The van der Waals surface area contributed by atoms with Crippen LogP contribution in [0.5, 0.6) is 0 Å². The fourth-order valence-electron chi connectivity index (χ4n) is 6.95. The lowest BCUT2D eigenvalue weighted by Gasteiger charge is -2.33. The first-order chi connectivity index (χ1) is 23.3. The third kappa shape index (κ3) is 4.87. The van der Waals surface area contributed by atoms with Gasteiger partial charge in [-0.25, -0.2) is 4.99 Å². The van der Waals surface area contributed by atoms with Gasteiger partial charge < -0.3 is 9.73 Å². The lowest BCUT2D eigenvalue weighted by atomic mass is 9.92. The van der Waals surface area contributed by atoms with Crippen LogP contribution in [0.2, 0.25) is 0 Å². The molecule has 47 heavy (non-hydrogen) atoms. The van der Waals surface area contributed by atoms with Crippen LogP contribution < -0.4 is 10.6 Å². The maximum Gasteiger partial charge on any atom is 0.136 e. The minimum Gasteiger partial charge on any atom is -0.456 e. The number of benzene rings is 7. The molecule has 0 radical (unpaired) electrons. The summed E-state index contributed by atoms with van der Waals surface area (Å²) in [5.74, 6) is 0.876. The first-order valence-electron chi connectivity index (χ1n) is 16.0. The first kappa shape index (κ1) is 27.3. The molecule has 9 rings (SSSR count). The molecular formula is C43H31N3O. The van der Waals surface area contributed by atoms with Crippen LogP contribution in [0.4, 0.5) is 0 Å². The number of nitrogens with one attached hydrogen (secondary N) is 2. The van der Waals surface area contributed by atoms with E-state index in [1.165, 1.54) is 27.5 Å². The Morgan fingerprint density at radius 2 is 1.17 bits per heavy atom. The molecule has 0 saturated carbocycles. The first-order valence-corrected chi connectivity index (χ1v) is 16.0. The highest BCUT2D eigenvalue weighted by Gasteiger charge is 2.27. The molecule has 2 atom stereocenters. The van der Waals surface area contributed by atoms with Crippen LogP contribution in [-0.2, 0) is 0 Å². The molecular weight excluding hydrogens is 574 g/mol. The maximum atomic E-state index is 6.48. The average Bonchev–Trinajstić information content (AvgIpc) is 3.53. The molecule has 2 N–H and O–H groups in total. The second-order valence-electron chi connectivity index (χ2n) is 12.0. The van der Waals surface area contributed by atoms with Crippen molar-refractivity contribution in [1.82, 2.24) is 10.6 Å². The van der Waals surface area contributed by atoms with Crippen molar-refractivity contribution in [3.63, 3.8) is 0 Å². The number of aliphatic imine (C=N–C) groups is 1. The fraction of sp³-hybridized carbons (Fsp3) is 0.0465. The molecule has 8 aromatic rings. The summed E-state index contributed by atoms with van der Waals surface area (Å²) in [6, 6.07) is 57.4. The number of hydrogen-bond acceptors (Lipinski definition) is 4. The van der Waals surface area contributed by atoms with E-state index in [1.54, 1.807) is 0 Å². The normalized spacial score (nSPS) is 16.3. The minimum atomic E-state index is -0.192. The van der Waals surface area contributed by atoms with Crippen molar-refractivity contribution in [1.29, 1.82) is 0 Å². The number of hydrogen-bond donors (Lipinski definition) is 2. The Bertz CT molecular complexity index is 2410. The minimum absolute atomic E-state index is 0.159. The lowest BCUT2D eigenvalue weighted by Crippen LogP contribution is -2.45. The van der Waals surface area contributed by atoms with E-state index in [0.29, 0.717) is 0 Å². The van der Waals surface area contributed by atoms with E-state index in [4.69, 9.17) is 9.41 Å². The fourth-order valence-corrected chi connectivity index (χ4v) is 6.95. The number of nitrogens with zero attached hydrogens (tertiary/aromatic N) is 1. The van der Waals surface area contributed by atoms with Gasteiger partial charge in [-0.05, 0) is 62.4 Å². The zero-order chi connectivity index (χ0) is 31.2. The van der Waals surface area contributed by atoms with Gasteiger partial charge in [0, 0.05) is 16.3 Å². The van der Waals surface area contributed by atoms with Gasteiger partial charge in [0.15, 0.2) is 0 Å². The van der Waals surface area contributed by atoms with Gasteiger partial charge in [0.2, 0.25) is 0 Å². The zero-order valence-corrected chi connectivity index (χ0v) is 25.6. The number of rotatable bonds is 5. The Kier molecular flexibility index (Phi) is 6.65. The van der Waals surface area contributed by atoms with Crippen LogP contribution in [0, 0.1) is 0 Å². The molecule has 1 aromatic heterocycles. The molecule has 0 amide bonds. The molecule has 0 aliphatic carbocycles. The quantitative estimate of drug-likeness (QED) is 0.205. The Morgan fingerprint density at radius 1 is 0.489 bits per heavy atom. The van der Waals surface area contributed by atoms with Crippen LogP contribution in [0.15, 0.2) is 173 Å². The van der Waals surface area contributed by atoms with Gasteiger partial charge in [-0.15, -0.1) is 0 Å². The summed E-state index contributed by atoms with van der Waals surface area (Å²) in [5, 5.41) is 12.2. The molecule has 7 aromatic carbocycles. The van der Waals surface area contributed by atoms with Crippen LogP contribution in [0.25, 0.3) is 55.0 Å². The highest BCUT2D eigenvalue weighted by atomic mass is 16.3. The maximum absolute atomic E-state index is 6.48. The van der Waals surface area contributed by atoms with E-state index >= 15 is 0 Å². The van der Waals surface area contributed by atoms with Gasteiger partial charge in [-0.1, -0.05) is 146 Å². The highest BCUT2D eigenvalue weighted by Crippen LogP contribution is 2.41. The Labute approximate surface area is 273 Å². The van der Waals surface area contributed by atoms with E-state index in [2.05, 4.69) is 156 Å². The molecule has 4 heteroatoms. The van der Waals surface area contributed by atoms with Gasteiger partial charge in [-0.2, -0.15) is 0 Å². The van der Waals surface area contributed by atoms with Gasteiger partial charge in [0.05, 0.1) is 0 Å². The van der Waals surface area contributed by atoms with Crippen molar-refractivity contribution in [3.05, 3.63) is 180 Å². The third-order valence-corrected chi connectivity index (χ3v) is 9.19. The van der Waals surface area contributed by atoms with Crippen molar-refractivity contribution >= 4 is 38.5 Å². The second kappa shape index (κ2) is 11.4. The van der Waals surface area contributed by atoms with E-state index in [-0.39, 0.29) is 12.3 Å². The van der Waals surface area contributed by atoms with Crippen LogP contribution >= 0.6 is 0 Å². The molecule has 0 spiro atoms. The largest absolute Gasteiger partial charge is 0.456 e. The van der Waals surface area contributed by atoms with Crippen LogP contribution in [0.3, 0.4) is 0 Å². The number of furan rings is 1. The molecule has 224 valence electrons. The summed E-state index contributed by atoms with van der Waals surface area (Å²) in [5.41, 5.74) is 9.81. The van der Waals surface area contributed by atoms with Crippen LogP contribution in [0.1, 0.15) is 29.0 Å². The predicted octanol–water partition coefficient (Wildman–Crippen LogP) is 10.4. The molecule has 0 fully saturated rings. The molecule has 4 nitrogen and oxygen atoms in total. The third-order valence-electron chi connectivity index (χ3n) is 9.19. The van der Waals surface area contributed by atoms with E-state index in [9.17, 15) is 0 Å². The summed E-state index contributed by atoms with van der Waals surface area (Å²) in [7, 11) is 0. The molecule has 0 bridgehead atoms. The SMILES string of the molecule is c1ccc(C2=NC(c3ccccc3)NC(c3cccc4c(-c5cccc6oc7cc(-c8ccccc8)ccc7c56)cccc34)N2)cc1. The van der Waals surface area contributed by atoms with E-state index < -0.39 is 0 Å². The summed E-state index contributed by atoms with van der Waals surface area (Å²) < 4.78 is 6.48. The van der Waals surface area contributed by atoms with Crippen molar-refractivity contribution in [2.24, 2.45) is 4.99 Å². The van der Waals surface area contributed by atoms with E-state index in [0.717, 1.165) is 50.0 Å². The zero-order valence-electron chi connectivity index (χ0n) is 25.6. The summed E-state index contributed by atoms with van der Waals surface area (Å²) in [6.45, 7) is 0. The Morgan fingerprint density at radius 3 is 1.98 bits per heavy atom. The highest BCUT2D eigenvalue weighted by molar-refractivity contribution is 6.16. The lowest BCUT2D eigenvalue weighted by molar-refractivity contribution is 0.411. The average molecular weight is 606 g/mol. The van der Waals surface area contributed by atoms with Crippen molar-refractivity contribution in [2.45, 2.75) is 12.3 Å². The molecule has 0 saturated heterocycles. The molecule has 1 aliphatic heterocycles. The van der Waals surface area contributed by atoms with Gasteiger partial charge in [0.1, 0.15) is 29.3 Å². The molecule has 2 unspecified atom stereocenters. The monoisotopic (exact) mass is 605 g/mol. The summed E-state index contributed by atoms with van der Waals surface area (Å²) in [4.78, 5) is 5.11. The predicted molar refractivity (Wildman–Crippen MR) is 193 cm³/mol. The molecule has 2 heterocycles. The van der Waals surface area contributed by atoms with Crippen molar-refractivity contribution in [2.75, 3.05) is 0 Å².